The monoisotopic (exact) mass is 336 g/mol. The van der Waals surface area contributed by atoms with Crippen molar-refractivity contribution in [1.82, 2.24) is 0 Å². The van der Waals surface area contributed by atoms with Gasteiger partial charge in [-0.05, 0) is 24.0 Å². The van der Waals surface area contributed by atoms with Gasteiger partial charge in [0, 0.05) is 21.6 Å². The van der Waals surface area contributed by atoms with Crippen LogP contribution in [0.5, 0.6) is 0 Å². The fourth-order valence-corrected chi connectivity index (χ4v) is 3.60. The Morgan fingerprint density at radius 1 is 1.24 bits per heavy atom. The molecule has 0 spiro atoms. The lowest BCUT2D eigenvalue weighted by atomic mass is 9.76. The van der Waals surface area contributed by atoms with Crippen LogP contribution in [0.2, 0.25) is 0 Å². The van der Waals surface area contributed by atoms with Crippen molar-refractivity contribution in [3.05, 3.63) is 34.3 Å². The summed E-state index contributed by atoms with van der Waals surface area (Å²) in [4.78, 5) is 0. The maximum absolute atomic E-state index is 6.23. The van der Waals surface area contributed by atoms with E-state index in [1.807, 2.05) is 12.1 Å². The highest BCUT2D eigenvalue weighted by Crippen LogP contribution is 2.38. The molecule has 96 valence electrons. The summed E-state index contributed by atoms with van der Waals surface area (Å²) < 4.78 is 1.10. The van der Waals surface area contributed by atoms with Crippen molar-refractivity contribution in [2.45, 2.75) is 32.1 Å². The fraction of sp³-hybridized carbons (Fsp3) is 0.571. The van der Waals surface area contributed by atoms with Gasteiger partial charge in [0.2, 0.25) is 0 Å². The summed E-state index contributed by atoms with van der Waals surface area (Å²) in [6, 6.07) is 8.24. The van der Waals surface area contributed by atoms with E-state index in [1.165, 1.54) is 5.56 Å². The van der Waals surface area contributed by atoms with Crippen molar-refractivity contribution in [2.75, 3.05) is 11.8 Å². The van der Waals surface area contributed by atoms with Crippen molar-refractivity contribution in [1.29, 1.82) is 0 Å². The lowest BCUT2D eigenvalue weighted by molar-refractivity contribution is 0.379. The highest BCUT2D eigenvalue weighted by atomic mass is 79.9. The quantitative estimate of drug-likeness (QED) is 0.592. The molecule has 1 aromatic carbocycles. The Balaban J connectivity index is 3.11. The highest BCUT2D eigenvalue weighted by Gasteiger charge is 2.33. The predicted octanol–water partition coefficient (Wildman–Crippen LogP) is 5.60. The van der Waals surface area contributed by atoms with Gasteiger partial charge in [-0.25, -0.2) is 0 Å². The van der Waals surface area contributed by atoms with Crippen LogP contribution < -0.4 is 0 Å². The summed E-state index contributed by atoms with van der Waals surface area (Å²) in [6.45, 7) is 4.46. The van der Waals surface area contributed by atoms with E-state index in [0.29, 0.717) is 17.7 Å². The van der Waals surface area contributed by atoms with Crippen LogP contribution in [0.15, 0.2) is 28.7 Å². The Morgan fingerprint density at radius 2 is 1.82 bits per heavy atom. The summed E-state index contributed by atoms with van der Waals surface area (Å²) in [5.41, 5.74) is 1.10. The van der Waals surface area contributed by atoms with Gasteiger partial charge in [-0.2, -0.15) is 0 Å². The summed E-state index contributed by atoms with van der Waals surface area (Å²) >= 11 is 16.1. The van der Waals surface area contributed by atoms with Gasteiger partial charge in [0.1, 0.15) is 0 Å². The molecule has 0 aliphatic rings. The number of alkyl halides is 2. The van der Waals surface area contributed by atoms with Gasteiger partial charge in [-0.15, -0.1) is 23.2 Å². The lowest BCUT2D eigenvalue weighted by Gasteiger charge is -2.33. The average molecular weight is 338 g/mol. The Morgan fingerprint density at radius 3 is 2.29 bits per heavy atom. The first kappa shape index (κ1) is 15.3. The molecular formula is C14H19BrCl2. The molecule has 17 heavy (non-hydrogen) atoms. The van der Waals surface area contributed by atoms with Gasteiger partial charge in [0.05, 0.1) is 0 Å². The van der Waals surface area contributed by atoms with Crippen LogP contribution in [0.25, 0.3) is 0 Å². The van der Waals surface area contributed by atoms with Gasteiger partial charge >= 0.3 is 0 Å². The third-order valence-corrected chi connectivity index (χ3v) is 5.11. The number of hydrogen-bond acceptors (Lipinski definition) is 0. The minimum atomic E-state index is -0.126. The molecule has 0 nitrogen and oxygen atoms in total. The van der Waals surface area contributed by atoms with Crippen LogP contribution in [0, 0.1) is 5.92 Å². The van der Waals surface area contributed by atoms with Gasteiger partial charge in [0.15, 0.2) is 0 Å². The smallest absolute Gasteiger partial charge is 0.0332 e. The Kier molecular flexibility index (Phi) is 6.33. The molecule has 1 unspecified atom stereocenters. The van der Waals surface area contributed by atoms with Crippen LogP contribution >= 0.6 is 39.1 Å². The molecule has 1 atom stereocenters. The normalized spacial score (nSPS) is 13.7. The minimum absolute atomic E-state index is 0.126. The van der Waals surface area contributed by atoms with Crippen molar-refractivity contribution >= 4 is 39.1 Å². The standard InChI is InChI=1S/C14H19BrCl2/c1-3-11(2)8-14(9-16,10-17)12-6-4-5-7-13(12)15/h4-7,11H,3,8-10H2,1-2H3. The fourth-order valence-electron chi connectivity index (χ4n) is 2.10. The van der Waals surface area contributed by atoms with Gasteiger partial charge < -0.3 is 0 Å². The van der Waals surface area contributed by atoms with E-state index < -0.39 is 0 Å². The minimum Gasteiger partial charge on any atom is -0.126 e. The van der Waals surface area contributed by atoms with Crippen LogP contribution in [-0.2, 0) is 5.41 Å². The maximum atomic E-state index is 6.23. The number of halogens is 3. The van der Waals surface area contributed by atoms with E-state index in [4.69, 9.17) is 23.2 Å². The molecule has 0 heterocycles. The molecule has 0 amide bonds. The first-order valence-electron chi connectivity index (χ1n) is 5.96. The molecule has 0 bridgehead atoms. The second kappa shape index (κ2) is 7.01. The van der Waals surface area contributed by atoms with Crippen molar-refractivity contribution in [3.63, 3.8) is 0 Å². The molecule has 0 radical (unpaired) electrons. The average Bonchev–Trinajstić information content (AvgIpc) is 2.36. The zero-order valence-electron chi connectivity index (χ0n) is 10.3. The van der Waals surface area contributed by atoms with E-state index in [0.717, 1.165) is 17.3 Å². The van der Waals surface area contributed by atoms with Crippen LogP contribution in [0.3, 0.4) is 0 Å². The lowest BCUT2D eigenvalue weighted by Crippen LogP contribution is -2.33. The molecule has 0 saturated heterocycles. The van der Waals surface area contributed by atoms with Crippen LogP contribution in [-0.4, -0.2) is 11.8 Å². The largest absolute Gasteiger partial charge is 0.126 e. The SMILES string of the molecule is CCC(C)CC(CCl)(CCl)c1ccccc1Br. The zero-order chi connectivity index (χ0) is 12.9. The van der Waals surface area contributed by atoms with E-state index in [1.54, 1.807) is 0 Å². The van der Waals surface area contributed by atoms with Crippen LogP contribution in [0.4, 0.5) is 0 Å². The molecule has 0 N–H and O–H groups in total. The summed E-state index contributed by atoms with van der Waals surface area (Å²) in [7, 11) is 0. The molecule has 0 aromatic heterocycles. The third kappa shape index (κ3) is 3.62. The second-order valence-electron chi connectivity index (χ2n) is 4.74. The molecule has 0 aliphatic heterocycles. The molecule has 0 saturated carbocycles. The van der Waals surface area contributed by atoms with Crippen molar-refractivity contribution in [2.24, 2.45) is 5.92 Å². The Hall–Kier alpha value is 0.280. The second-order valence-corrected chi connectivity index (χ2v) is 6.13. The zero-order valence-corrected chi connectivity index (χ0v) is 13.4. The van der Waals surface area contributed by atoms with Crippen molar-refractivity contribution < 1.29 is 0 Å². The number of hydrogen-bond donors (Lipinski definition) is 0. The maximum Gasteiger partial charge on any atom is 0.0332 e. The Labute approximate surface area is 123 Å². The van der Waals surface area contributed by atoms with E-state index in [9.17, 15) is 0 Å². The first-order chi connectivity index (χ1) is 8.09. The number of benzene rings is 1. The molecule has 1 aromatic rings. The van der Waals surface area contributed by atoms with Gasteiger partial charge in [0.25, 0.3) is 0 Å². The van der Waals surface area contributed by atoms with E-state index in [-0.39, 0.29) is 5.41 Å². The number of rotatable bonds is 6. The first-order valence-corrected chi connectivity index (χ1v) is 7.82. The summed E-state index contributed by atoms with van der Waals surface area (Å²) in [5, 5.41) is 0. The topological polar surface area (TPSA) is 0 Å². The molecule has 1 rings (SSSR count). The van der Waals surface area contributed by atoms with Gasteiger partial charge in [-0.1, -0.05) is 54.4 Å². The summed E-state index contributed by atoms with van der Waals surface area (Å²) in [5.74, 6) is 1.74. The highest BCUT2D eigenvalue weighted by molar-refractivity contribution is 9.10. The molecule has 0 aliphatic carbocycles. The third-order valence-electron chi connectivity index (χ3n) is 3.39. The van der Waals surface area contributed by atoms with Gasteiger partial charge in [-0.3, -0.25) is 0 Å². The predicted molar refractivity (Wildman–Crippen MR) is 81.3 cm³/mol. The molecule has 3 heteroatoms. The van der Waals surface area contributed by atoms with E-state index in [2.05, 4.69) is 41.9 Å². The molecular weight excluding hydrogens is 319 g/mol. The Bertz CT molecular complexity index is 348. The summed E-state index contributed by atoms with van der Waals surface area (Å²) in [6.07, 6.45) is 2.18. The van der Waals surface area contributed by atoms with E-state index >= 15 is 0 Å². The molecule has 0 fully saturated rings. The van der Waals surface area contributed by atoms with Crippen molar-refractivity contribution in [3.8, 4) is 0 Å². The van der Waals surface area contributed by atoms with Crippen LogP contribution in [0.1, 0.15) is 32.3 Å².